The van der Waals surface area contributed by atoms with Crippen molar-refractivity contribution < 1.29 is 4.74 Å². The molecule has 0 spiro atoms. The van der Waals surface area contributed by atoms with E-state index in [4.69, 9.17) is 9.72 Å². The van der Waals surface area contributed by atoms with Crippen molar-refractivity contribution in [2.45, 2.75) is 32.8 Å². The van der Waals surface area contributed by atoms with Gasteiger partial charge >= 0.3 is 0 Å². The lowest BCUT2D eigenvalue weighted by molar-refractivity contribution is 0.154. The van der Waals surface area contributed by atoms with Gasteiger partial charge in [-0.1, -0.05) is 0 Å². The molecule has 1 aliphatic heterocycles. The number of nitrogens with zero attached hydrogens (tertiary/aromatic N) is 3. The normalized spacial score (nSPS) is 15.9. The molecular formula is C16H20N4O. The highest BCUT2D eigenvalue weighted by Crippen LogP contribution is 2.25. The highest BCUT2D eigenvalue weighted by Gasteiger charge is 2.18. The van der Waals surface area contributed by atoms with Gasteiger partial charge in [0.2, 0.25) is 5.88 Å². The Morgan fingerprint density at radius 1 is 1.05 bits per heavy atom. The number of pyridine rings is 1. The Morgan fingerprint density at radius 2 is 1.76 bits per heavy atom. The van der Waals surface area contributed by atoms with Gasteiger partial charge in [-0.25, -0.2) is 4.98 Å². The van der Waals surface area contributed by atoms with E-state index < -0.39 is 0 Å². The Kier molecular flexibility index (Phi) is 4.10. The molecule has 0 radical (unpaired) electrons. The largest absolute Gasteiger partial charge is 0.473 e. The van der Waals surface area contributed by atoms with E-state index in [1.54, 1.807) is 12.4 Å². The second-order valence-electron chi connectivity index (χ2n) is 5.35. The summed E-state index contributed by atoms with van der Waals surface area (Å²) < 4.78 is 6.07. The number of rotatable bonds is 3. The summed E-state index contributed by atoms with van der Waals surface area (Å²) in [6.45, 7) is 5.93. The molecule has 110 valence electrons. The maximum absolute atomic E-state index is 6.07. The molecule has 1 N–H and O–H groups in total. The molecule has 1 saturated heterocycles. The summed E-state index contributed by atoms with van der Waals surface area (Å²) in [4.78, 5) is 13.3. The zero-order chi connectivity index (χ0) is 14.7. The second kappa shape index (κ2) is 6.18. The molecule has 2 aromatic heterocycles. The first-order chi connectivity index (χ1) is 10.2. The number of hydrogen-bond donors (Lipinski definition) is 1. The minimum atomic E-state index is 0.229. The van der Waals surface area contributed by atoms with Crippen LogP contribution in [0, 0.1) is 13.8 Å². The minimum absolute atomic E-state index is 0.229. The number of nitrogens with one attached hydrogen (secondary N) is 1. The minimum Gasteiger partial charge on any atom is -0.473 e. The molecule has 0 unspecified atom stereocenters. The molecule has 5 heteroatoms. The van der Waals surface area contributed by atoms with Crippen LogP contribution in [0.25, 0.3) is 11.3 Å². The Labute approximate surface area is 124 Å². The van der Waals surface area contributed by atoms with Crippen molar-refractivity contribution in [3.05, 3.63) is 35.9 Å². The lowest BCUT2D eigenvalue weighted by atomic mass is 10.1. The van der Waals surface area contributed by atoms with E-state index in [1.165, 1.54) is 0 Å². The smallest absolute Gasteiger partial charge is 0.236 e. The molecule has 0 bridgehead atoms. The summed E-state index contributed by atoms with van der Waals surface area (Å²) in [6.07, 6.45) is 5.79. The predicted octanol–water partition coefficient (Wildman–Crippen LogP) is 2.29. The number of hydrogen-bond acceptors (Lipinski definition) is 5. The molecule has 1 aliphatic rings. The second-order valence-corrected chi connectivity index (χ2v) is 5.35. The standard InChI is InChI=1S/C16H20N4O/c1-11-15(13-3-7-17-8-4-13)20-16(12(2)19-11)21-14-5-9-18-10-6-14/h3-4,7-8,14,18H,5-6,9-10H2,1-2H3. The van der Waals surface area contributed by atoms with Gasteiger partial charge in [0.05, 0.1) is 17.1 Å². The number of ether oxygens (including phenoxy) is 1. The van der Waals surface area contributed by atoms with Crippen LogP contribution in [0.2, 0.25) is 0 Å². The Bertz CT molecular complexity index is 609. The average Bonchev–Trinajstić information content (AvgIpc) is 2.52. The molecule has 3 heterocycles. The summed E-state index contributed by atoms with van der Waals surface area (Å²) in [7, 11) is 0. The van der Waals surface area contributed by atoms with Crippen LogP contribution in [0.15, 0.2) is 24.5 Å². The first kappa shape index (κ1) is 13.9. The van der Waals surface area contributed by atoms with E-state index in [9.17, 15) is 0 Å². The van der Waals surface area contributed by atoms with Gasteiger partial charge in [0.1, 0.15) is 6.10 Å². The van der Waals surface area contributed by atoms with Crippen LogP contribution in [0.4, 0.5) is 0 Å². The fraction of sp³-hybridized carbons (Fsp3) is 0.438. The third-order valence-electron chi connectivity index (χ3n) is 3.72. The maximum Gasteiger partial charge on any atom is 0.236 e. The van der Waals surface area contributed by atoms with Crippen molar-refractivity contribution in [1.82, 2.24) is 20.3 Å². The quantitative estimate of drug-likeness (QED) is 0.937. The summed E-state index contributed by atoms with van der Waals surface area (Å²) in [5, 5.41) is 3.34. The zero-order valence-electron chi connectivity index (χ0n) is 12.5. The molecule has 21 heavy (non-hydrogen) atoms. The molecule has 0 aliphatic carbocycles. The van der Waals surface area contributed by atoms with Crippen LogP contribution in [0.3, 0.4) is 0 Å². The van der Waals surface area contributed by atoms with Gasteiger partial charge < -0.3 is 10.1 Å². The molecule has 0 amide bonds. The Morgan fingerprint density at radius 3 is 2.48 bits per heavy atom. The van der Waals surface area contributed by atoms with Crippen LogP contribution in [0.1, 0.15) is 24.2 Å². The van der Waals surface area contributed by atoms with Crippen LogP contribution in [-0.4, -0.2) is 34.1 Å². The SMILES string of the molecule is Cc1nc(C)c(-c2ccncc2)nc1OC1CCNCC1. The number of aryl methyl sites for hydroxylation is 2. The van der Waals surface area contributed by atoms with E-state index in [0.29, 0.717) is 5.88 Å². The van der Waals surface area contributed by atoms with Gasteiger partial charge in [-0.05, 0) is 51.9 Å². The highest BCUT2D eigenvalue weighted by molar-refractivity contribution is 5.61. The molecule has 5 nitrogen and oxygen atoms in total. The molecule has 3 rings (SSSR count). The Balaban J connectivity index is 1.90. The zero-order valence-corrected chi connectivity index (χ0v) is 12.5. The van der Waals surface area contributed by atoms with Crippen LogP contribution in [-0.2, 0) is 0 Å². The van der Waals surface area contributed by atoms with Crippen molar-refractivity contribution in [3.8, 4) is 17.1 Å². The van der Waals surface area contributed by atoms with E-state index in [-0.39, 0.29) is 6.10 Å². The maximum atomic E-state index is 6.07. The van der Waals surface area contributed by atoms with Crippen LogP contribution in [0.5, 0.6) is 5.88 Å². The molecule has 0 saturated carbocycles. The van der Waals surface area contributed by atoms with Gasteiger partial charge in [0.15, 0.2) is 0 Å². The first-order valence-electron chi connectivity index (χ1n) is 7.37. The van der Waals surface area contributed by atoms with Gasteiger partial charge in [-0.3, -0.25) is 9.97 Å². The molecule has 0 aromatic carbocycles. The molecule has 2 aromatic rings. The molecule has 0 atom stereocenters. The fourth-order valence-electron chi connectivity index (χ4n) is 2.58. The third kappa shape index (κ3) is 3.19. The average molecular weight is 284 g/mol. The fourth-order valence-corrected chi connectivity index (χ4v) is 2.58. The van der Waals surface area contributed by atoms with E-state index in [0.717, 1.165) is 48.6 Å². The van der Waals surface area contributed by atoms with E-state index in [2.05, 4.69) is 15.3 Å². The number of piperidine rings is 1. The summed E-state index contributed by atoms with van der Waals surface area (Å²) in [5.74, 6) is 0.652. The van der Waals surface area contributed by atoms with E-state index in [1.807, 2.05) is 26.0 Å². The van der Waals surface area contributed by atoms with Gasteiger partial charge in [-0.2, -0.15) is 0 Å². The van der Waals surface area contributed by atoms with Gasteiger partial charge in [0, 0.05) is 18.0 Å². The topological polar surface area (TPSA) is 59.9 Å². The van der Waals surface area contributed by atoms with Crippen molar-refractivity contribution in [3.63, 3.8) is 0 Å². The molecular weight excluding hydrogens is 264 g/mol. The third-order valence-corrected chi connectivity index (χ3v) is 3.72. The van der Waals surface area contributed by atoms with Crippen molar-refractivity contribution >= 4 is 0 Å². The Hall–Kier alpha value is -2.01. The summed E-state index contributed by atoms with van der Waals surface area (Å²) in [5.41, 5.74) is 3.65. The van der Waals surface area contributed by atoms with Crippen molar-refractivity contribution in [2.75, 3.05) is 13.1 Å². The lowest BCUT2D eigenvalue weighted by Gasteiger charge is -2.24. The van der Waals surface area contributed by atoms with E-state index >= 15 is 0 Å². The molecule has 1 fully saturated rings. The first-order valence-corrected chi connectivity index (χ1v) is 7.37. The van der Waals surface area contributed by atoms with Gasteiger partial charge in [-0.15, -0.1) is 0 Å². The summed E-state index contributed by atoms with van der Waals surface area (Å²) in [6, 6.07) is 3.89. The van der Waals surface area contributed by atoms with Crippen LogP contribution < -0.4 is 10.1 Å². The highest BCUT2D eigenvalue weighted by atomic mass is 16.5. The van der Waals surface area contributed by atoms with Crippen molar-refractivity contribution in [2.24, 2.45) is 0 Å². The van der Waals surface area contributed by atoms with Gasteiger partial charge in [0.25, 0.3) is 0 Å². The number of aromatic nitrogens is 3. The summed E-state index contributed by atoms with van der Waals surface area (Å²) >= 11 is 0. The predicted molar refractivity (Wildman–Crippen MR) is 81.3 cm³/mol. The van der Waals surface area contributed by atoms with Crippen molar-refractivity contribution in [1.29, 1.82) is 0 Å². The monoisotopic (exact) mass is 284 g/mol. The van der Waals surface area contributed by atoms with Crippen LogP contribution >= 0.6 is 0 Å². The lowest BCUT2D eigenvalue weighted by Crippen LogP contribution is -2.34.